The Kier molecular flexibility index (Phi) is 3.65. The van der Waals surface area contributed by atoms with E-state index in [4.69, 9.17) is 0 Å². The van der Waals surface area contributed by atoms with Crippen molar-refractivity contribution in [3.8, 4) is 11.5 Å². The molecule has 118 valence electrons. The molecule has 0 bridgehead atoms. The lowest BCUT2D eigenvalue weighted by Crippen LogP contribution is -2.23. The van der Waals surface area contributed by atoms with E-state index >= 15 is 0 Å². The Balaban J connectivity index is 1.68. The molecule has 0 unspecified atom stereocenters. The largest absolute Gasteiger partial charge is 0.365 e. The second-order valence-electron chi connectivity index (χ2n) is 5.94. The van der Waals surface area contributed by atoms with Crippen molar-refractivity contribution >= 4 is 11.5 Å². The highest BCUT2D eigenvalue weighted by Crippen LogP contribution is 2.24. The number of pyridine rings is 1. The zero-order valence-electron chi connectivity index (χ0n) is 12.7. The minimum atomic E-state index is -0.409. The van der Waals surface area contributed by atoms with Crippen molar-refractivity contribution in [3.63, 3.8) is 0 Å². The van der Waals surface area contributed by atoms with Crippen LogP contribution in [-0.4, -0.2) is 25.4 Å². The molecule has 0 radical (unpaired) electrons. The molecule has 6 heteroatoms. The molecule has 0 spiro atoms. The van der Waals surface area contributed by atoms with Gasteiger partial charge in [0, 0.05) is 12.2 Å². The predicted molar refractivity (Wildman–Crippen MR) is 86.7 cm³/mol. The first-order chi connectivity index (χ1) is 11.3. The van der Waals surface area contributed by atoms with Crippen LogP contribution in [-0.2, 0) is 0 Å². The molecule has 1 aliphatic rings. The van der Waals surface area contributed by atoms with Gasteiger partial charge in [-0.25, -0.2) is 19.3 Å². The zero-order valence-corrected chi connectivity index (χ0v) is 12.7. The van der Waals surface area contributed by atoms with Gasteiger partial charge in [-0.1, -0.05) is 25.3 Å². The number of hydrogen-bond acceptors (Lipinski definition) is 4. The number of anilines is 1. The van der Waals surface area contributed by atoms with Crippen molar-refractivity contribution in [2.24, 2.45) is 0 Å². The second-order valence-corrected chi connectivity index (χ2v) is 5.94. The van der Waals surface area contributed by atoms with Crippen LogP contribution in [0.4, 0.5) is 10.2 Å². The van der Waals surface area contributed by atoms with E-state index in [1.165, 1.54) is 25.5 Å². The fourth-order valence-corrected chi connectivity index (χ4v) is 3.13. The monoisotopic (exact) mass is 311 g/mol. The van der Waals surface area contributed by atoms with Crippen LogP contribution in [0.3, 0.4) is 0 Å². The Morgan fingerprint density at radius 2 is 1.96 bits per heavy atom. The van der Waals surface area contributed by atoms with Crippen LogP contribution in [0.15, 0.2) is 36.8 Å². The van der Waals surface area contributed by atoms with E-state index in [1.54, 1.807) is 6.20 Å². The summed E-state index contributed by atoms with van der Waals surface area (Å²) in [7, 11) is 0. The first-order valence-electron chi connectivity index (χ1n) is 8.03. The summed E-state index contributed by atoms with van der Waals surface area (Å²) >= 11 is 0. The number of halogens is 1. The van der Waals surface area contributed by atoms with E-state index in [-0.39, 0.29) is 5.82 Å². The summed E-state index contributed by atoms with van der Waals surface area (Å²) in [6.45, 7) is 0. The molecule has 1 aliphatic carbocycles. The van der Waals surface area contributed by atoms with Crippen LogP contribution in [0.25, 0.3) is 17.2 Å². The van der Waals surface area contributed by atoms with E-state index in [0.717, 1.165) is 24.2 Å². The first kappa shape index (κ1) is 14.1. The summed E-state index contributed by atoms with van der Waals surface area (Å²) < 4.78 is 16.0. The summed E-state index contributed by atoms with van der Waals surface area (Å²) in [6.07, 6.45) is 10.6. The van der Waals surface area contributed by atoms with Gasteiger partial charge in [-0.3, -0.25) is 4.40 Å². The van der Waals surface area contributed by atoms with Crippen molar-refractivity contribution in [3.05, 3.63) is 42.6 Å². The van der Waals surface area contributed by atoms with E-state index in [2.05, 4.69) is 20.3 Å². The molecule has 1 fully saturated rings. The van der Waals surface area contributed by atoms with E-state index in [0.29, 0.717) is 11.9 Å². The molecule has 3 heterocycles. The zero-order chi connectivity index (χ0) is 15.6. The number of imidazole rings is 1. The Bertz CT molecular complexity index is 823. The molecule has 0 saturated heterocycles. The molecule has 4 rings (SSSR count). The maximum Gasteiger partial charge on any atom is 0.183 e. The van der Waals surface area contributed by atoms with Crippen LogP contribution in [0.2, 0.25) is 0 Å². The second kappa shape index (κ2) is 5.95. The summed E-state index contributed by atoms with van der Waals surface area (Å²) in [4.78, 5) is 12.9. The van der Waals surface area contributed by atoms with Crippen molar-refractivity contribution in [1.29, 1.82) is 0 Å². The molecule has 5 nitrogen and oxygen atoms in total. The third-order valence-electron chi connectivity index (χ3n) is 4.34. The Hall–Kier alpha value is -2.50. The lowest BCUT2D eigenvalue weighted by molar-refractivity contribution is 0.459. The standard InChI is InChI=1S/C17H18FN5/c18-13-10-20-17(14-11-19-15-8-4-5-9-23(14)15)22-16(13)21-12-6-2-1-3-7-12/h4-5,8-12H,1-3,6-7H2,(H,20,21,22). The molecule has 1 saturated carbocycles. The summed E-state index contributed by atoms with van der Waals surface area (Å²) in [5.41, 5.74) is 1.57. The molecule has 1 N–H and O–H groups in total. The van der Waals surface area contributed by atoms with Gasteiger partial charge in [-0.15, -0.1) is 0 Å². The third-order valence-corrected chi connectivity index (χ3v) is 4.34. The number of nitrogens with zero attached hydrogens (tertiary/aromatic N) is 4. The maximum atomic E-state index is 14.1. The van der Waals surface area contributed by atoms with Gasteiger partial charge in [0.2, 0.25) is 0 Å². The van der Waals surface area contributed by atoms with E-state index < -0.39 is 5.82 Å². The van der Waals surface area contributed by atoms with Crippen LogP contribution in [0.5, 0.6) is 0 Å². The number of aromatic nitrogens is 4. The Morgan fingerprint density at radius 1 is 1.09 bits per heavy atom. The van der Waals surface area contributed by atoms with Crippen molar-refractivity contribution in [2.75, 3.05) is 5.32 Å². The van der Waals surface area contributed by atoms with Crippen LogP contribution < -0.4 is 5.32 Å². The predicted octanol–water partition coefficient (Wildman–Crippen LogP) is 3.68. The van der Waals surface area contributed by atoms with Gasteiger partial charge in [0.1, 0.15) is 11.3 Å². The molecule has 0 aromatic carbocycles. The van der Waals surface area contributed by atoms with Crippen LogP contribution >= 0.6 is 0 Å². The molecule has 3 aromatic rings. The number of fused-ring (bicyclic) bond motifs is 1. The fourth-order valence-electron chi connectivity index (χ4n) is 3.13. The van der Waals surface area contributed by atoms with Crippen LogP contribution in [0, 0.1) is 5.82 Å². The Morgan fingerprint density at radius 3 is 2.83 bits per heavy atom. The number of hydrogen-bond donors (Lipinski definition) is 1. The molecular weight excluding hydrogens is 293 g/mol. The van der Waals surface area contributed by atoms with Gasteiger partial charge in [0.05, 0.1) is 12.4 Å². The van der Waals surface area contributed by atoms with Crippen molar-refractivity contribution in [2.45, 2.75) is 38.1 Å². The quantitative estimate of drug-likeness (QED) is 0.802. The van der Waals surface area contributed by atoms with E-state index in [1.807, 2.05) is 28.8 Å². The van der Waals surface area contributed by atoms with Gasteiger partial charge >= 0.3 is 0 Å². The SMILES string of the molecule is Fc1cnc(-c2cnc3ccccn23)nc1NC1CCCCC1. The highest BCUT2D eigenvalue weighted by Gasteiger charge is 2.17. The normalized spacial score (nSPS) is 15.9. The molecule has 0 atom stereocenters. The van der Waals surface area contributed by atoms with Gasteiger partial charge in [0.15, 0.2) is 17.5 Å². The van der Waals surface area contributed by atoms with Gasteiger partial charge in [-0.05, 0) is 25.0 Å². The molecule has 0 amide bonds. The molecular formula is C17H18FN5. The fraction of sp³-hybridized carbons (Fsp3) is 0.353. The smallest absolute Gasteiger partial charge is 0.183 e. The highest BCUT2D eigenvalue weighted by atomic mass is 19.1. The summed E-state index contributed by atoms with van der Waals surface area (Å²) in [6, 6.07) is 6.05. The lowest BCUT2D eigenvalue weighted by Gasteiger charge is -2.23. The van der Waals surface area contributed by atoms with Crippen molar-refractivity contribution in [1.82, 2.24) is 19.4 Å². The minimum Gasteiger partial charge on any atom is -0.365 e. The molecule has 3 aromatic heterocycles. The first-order valence-corrected chi connectivity index (χ1v) is 8.03. The summed E-state index contributed by atoms with van der Waals surface area (Å²) in [5, 5.41) is 3.24. The lowest BCUT2D eigenvalue weighted by atomic mass is 9.95. The van der Waals surface area contributed by atoms with Crippen molar-refractivity contribution < 1.29 is 4.39 Å². The topological polar surface area (TPSA) is 55.1 Å². The van der Waals surface area contributed by atoms with E-state index in [9.17, 15) is 4.39 Å². The van der Waals surface area contributed by atoms with Gasteiger partial charge in [0.25, 0.3) is 0 Å². The molecule has 23 heavy (non-hydrogen) atoms. The minimum absolute atomic E-state index is 0.285. The maximum absolute atomic E-state index is 14.1. The van der Waals surface area contributed by atoms with Gasteiger partial charge < -0.3 is 5.32 Å². The summed E-state index contributed by atoms with van der Waals surface area (Å²) in [5.74, 6) is 0.351. The molecule has 0 aliphatic heterocycles. The highest BCUT2D eigenvalue weighted by molar-refractivity contribution is 5.58. The Labute approximate surface area is 133 Å². The average molecular weight is 311 g/mol. The average Bonchev–Trinajstić information content (AvgIpc) is 3.02. The number of rotatable bonds is 3. The third kappa shape index (κ3) is 2.76. The number of nitrogens with one attached hydrogen (secondary N) is 1. The van der Waals surface area contributed by atoms with Gasteiger partial charge in [-0.2, -0.15) is 0 Å². The van der Waals surface area contributed by atoms with Crippen LogP contribution in [0.1, 0.15) is 32.1 Å².